The molecule has 2 fully saturated rings. The summed E-state index contributed by atoms with van der Waals surface area (Å²) >= 11 is 6.31. The molecule has 2 heterocycles. The fraction of sp³-hybridized carbons (Fsp3) is 0.524. The molecule has 0 spiro atoms. The van der Waals surface area contributed by atoms with Crippen LogP contribution >= 0.6 is 11.6 Å². The summed E-state index contributed by atoms with van der Waals surface area (Å²) in [6.45, 7) is 4.44. The zero-order valence-electron chi connectivity index (χ0n) is 15.9. The number of carbonyl (C=O) groups is 1. The first-order valence-corrected chi connectivity index (χ1v) is 10.2. The van der Waals surface area contributed by atoms with E-state index in [-0.39, 0.29) is 11.8 Å². The highest BCUT2D eigenvalue weighted by Crippen LogP contribution is 2.48. The van der Waals surface area contributed by atoms with E-state index >= 15 is 0 Å². The smallest absolute Gasteiger partial charge is 0.226 e. The second-order valence-electron chi connectivity index (χ2n) is 7.77. The van der Waals surface area contributed by atoms with E-state index in [1.165, 1.54) is 18.4 Å². The summed E-state index contributed by atoms with van der Waals surface area (Å²) in [5.41, 5.74) is 2.05. The minimum Gasteiger partial charge on any atom is -0.335 e. The van der Waals surface area contributed by atoms with Gasteiger partial charge in [0.25, 0.3) is 0 Å². The number of aryl methyl sites for hydroxylation is 1. The second-order valence-corrected chi connectivity index (χ2v) is 8.17. The lowest BCUT2D eigenvalue weighted by molar-refractivity contribution is -0.133. The Bertz CT molecular complexity index is 785. The highest BCUT2D eigenvalue weighted by molar-refractivity contribution is 6.31. The van der Waals surface area contributed by atoms with Gasteiger partial charge in [0.05, 0.1) is 11.6 Å². The Kier molecular flexibility index (Phi) is 5.50. The van der Waals surface area contributed by atoms with E-state index < -0.39 is 0 Å². The van der Waals surface area contributed by atoms with Crippen molar-refractivity contribution in [2.75, 3.05) is 26.2 Å². The van der Waals surface area contributed by atoms with Crippen molar-refractivity contribution in [1.82, 2.24) is 19.6 Å². The van der Waals surface area contributed by atoms with Crippen molar-refractivity contribution in [3.63, 3.8) is 0 Å². The van der Waals surface area contributed by atoms with E-state index in [0.29, 0.717) is 17.5 Å². The number of hydrogen-bond donors (Lipinski definition) is 0. The van der Waals surface area contributed by atoms with Gasteiger partial charge >= 0.3 is 0 Å². The van der Waals surface area contributed by atoms with Crippen molar-refractivity contribution in [3.8, 4) is 0 Å². The number of benzene rings is 1. The van der Waals surface area contributed by atoms with Crippen molar-refractivity contribution in [1.29, 1.82) is 0 Å². The Morgan fingerprint density at radius 2 is 2.00 bits per heavy atom. The number of nitrogens with zero attached hydrogens (tertiary/aromatic N) is 4. The van der Waals surface area contributed by atoms with Crippen LogP contribution in [0, 0.1) is 5.92 Å². The van der Waals surface area contributed by atoms with Crippen molar-refractivity contribution in [2.45, 2.75) is 31.7 Å². The third-order valence-electron chi connectivity index (χ3n) is 5.73. The molecule has 0 unspecified atom stereocenters. The van der Waals surface area contributed by atoms with Gasteiger partial charge in [0, 0.05) is 32.3 Å². The average Bonchev–Trinajstić information content (AvgIpc) is 3.17. The summed E-state index contributed by atoms with van der Waals surface area (Å²) in [6, 6.07) is 10.4. The molecule has 27 heavy (non-hydrogen) atoms. The minimum absolute atomic E-state index is 0.0912. The van der Waals surface area contributed by atoms with Gasteiger partial charge in [0.2, 0.25) is 5.91 Å². The first-order valence-electron chi connectivity index (χ1n) is 9.86. The summed E-state index contributed by atoms with van der Waals surface area (Å²) in [6.07, 6.45) is 5.26. The highest BCUT2D eigenvalue weighted by atomic mass is 35.5. The van der Waals surface area contributed by atoms with Gasteiger partial charge in [-0.3, -0.25) is 9.48 Å². The summed E-state index contributed by atoms with van der Waals surface area (Å²) in [5.74, 6) is 0.686. The topological polar surface area (TPSA) is 41.4 Å². The van der Waals surface area contributed by atoms with Gasteiger partial charge in [-0.05, 0) is 43.8 Å². The number of aromatic nitrogens is 2. The van der Waals surface area contributed by atoms with Gasteiger partial charge in [-0.2, -0.15) is 5.10 Å². The molecule has 4 rings (SSSR count). The number of carbonyl (C=O) groups excluding carboxylic acids is 1. The predicted octanol–water partition coefficient (Wildman–Crippen LogP) is 3.30. The van der Waals surface area contributed by atoms with Gasteiger partial charge in [0.15, 0.2) is 0 Å². The zero-order chi connectivity index (χ0) is 18.8. The van der Waals surface area contributed by atoms with E-state index in [1.807, 2.05) is 30.1 Å². The van der Waals surface area contributed by atoms with Gasteiger partial charge in [-0.1, -0.05) is 41.9 Å². The Labute approximate surface area is 165 Å². The van der Waals surface area contributed by atoms with Crippen LogP contribution in [0.3, 0.4) is 0 Å². The molecule has 0 bridgehead atoms. The van der Waals surface area contributed by atoms with Crippen molar-refractivity contribution >= 4 is 17.5 Å². The van der Waals surface area contributed by atoms with Gasteiger partial charge in [-0.15, -0.1) is 0 Å². The first-order chi connectivity index (χ1) is 13.1. The maximum Gasteiger partial charge on any atom is 0.226 e. The third kappa shape index (κ3) is 4.36. The summed E-state index contributed by atoms with van der Waals surface area (Å²) in [7, 11) is 1.86. The molecule has 2 atom stereocenters. The molecule has 0 N–H and O–H groups in total. The van der Waals surface area contributed by atoms with Crippen LogP contribution in [-0.2, 0) is 18.4 Å². The van der Waals surface area contributed by atoms with Crippen molar-refractivity contribution < 1.29 is 4.79 Å². The number of likely N-dealkylation sites (tertiary alicyclic amines) is 1. The van der Waals surface area contributed by atoms with Crippen LogP contribution in [0.1, 0.15) is 36.4 Å². The summed E-state index contributed by atoms with van der Waals surface area (Å²) < 4.78 is 1.71. The number of rotatable bonds is 7. The van der Waals surface area contributed by atoms with E-state index in [0.717, 1.165) is 38.3 Å². The van der Waals surface area contributed by atoms with E-state index in [2.05, 4.69) is 22.1 Å². The predicted molar refractivity (Wildman–Crippen MR) is 107 cm³/mol. The van der Waals surface area contributed by atoms with Crippen LogP contribution in [0.2, 0.25) is 5.02 Å². The van der Waals surface area contributed by atoms with Gasteiger partial charge in [0.1, 0.15) is 5.69 Å². The monoisotopic (exact) mass is 386 g/mol. The van der Waals surface area contributed by atoms with E-state index in [4.69, 9.17) is 11.6 Å². The second kappa shape index (κ2) is 8.03. The SMILES string of the molecule is Cn1cc(Cl)c(CN(CCN2CCCC2)C(=O)[C@@H]2C[C@H]2c2ccccc2)n1. The maximum absolute atomic E-state index is 13.2. The number of halogens is 1. The molecule has 1 amide bonds. The van der Waals surface area contributed by atoms with E-state index in [1.54, 1.807) is 10.9 Å². The van der Waals surface area contributed by atoms with Crippen molar-refractivity contribution in [2.24, 2.45) is 13.0 Å². The minimum atomic E-state index is 0.0912. The molecule has 144 valence electrons. The third-order valence-corrected chi connectivity index (χ3v) is 6.04. The molecule has 2 aliphatic rings. The molecule has 1 saturated carbocycles. The van der Waals surface area contributed by atoms with Crippen LogP contribution in [0.4, 0.5) is 0 Å². The van der Waals surface area contributed by atoms with Gasteiger partial charge in [-0.25, -0.2) is 0 Å². The molecule has 1 aromatic heterocycles. The number of hydrogen-bond acceptors (Lipinski definition) is 3. The molecule has 2 aromatic rings. The van der Waals surface area contributed by atoms with Crippen LogP contribution in [0.15, 0.2) is 36.5 Å². The van der Waals surface area contributed by atoms with Crippen LogP contribution in [-0.4, -0.2) is 51.7 Å². The first kappa shape index (κ1) is 18.5. The molecule has 1 aromatic carbocycles. The van der Waals surface area contributed by atoms with Crippen LogP contribution in [0.25, 0.3) is 0 Å². The molecular weight excluding hydrogens is 360 g/mol. The fourth-order valence-corrected chi connectivity index (χ4v) is 4.34. The van der Waals surface area contributed by atoms with E-state index in [9.17, 15) is 4.79 Å². The molecule has 5 nitrogen and oxygen atoms in total. The lowest BCUT2D eigenvalue weighted by Gasteiger charge is -2.25. The van der Waals surface area contributed by atoms with Crippen molar-refractivity contribution in [3.05, 3.63) is 52.8 Å². The van der Waals surface area contributed by atoms with Crippen LogP contribution < -0.4 is 0 Å². The Morgan fingerprint density at radius 1 is 1.26 bits per heavy atom. The molecular formula is C21H27ClN4O. The Balaban J connectivity index is 1.45. The number of amides is 1. The maximum atomic E-state index is 13.2. The fourth-order valence-electron chi connectivity index (χ4n) is 4.10. The zero-order valence-corrected chi connectivity index (χ0v) is 16.6. The lowest BCUT2D eigenvalue weighted by Crippen LogP contribution is -2.38. The summed E-state index contributed by atoms with van der Waals surface area (Å²) in [5, 5.41) is 5.08. The molecule has 6 heteroatoms. The van der Waals surface area contributed by atoms with Crippen LogP contribution in [0.5, 0.6) is 0 Å². The summed E-state index contributed by atoms with van der Waals surface area (Å²) in [4.78, 5) is 17.7. The molecule has 1 aliphatic carbocycles. The lowest BCUT2D eigenvalue weighted by atomic mass is 10.1. The molecule has 1 saturated heterocycles. The molecule has 0 radical (unpaired) electrons. The van der Waals surface area contributed by atoms with Gasteiger partial charge < -0.3 is 9.80 Å². The normalized spacial score (nSPS) is 22.1. The Morgan fingerprint density at radius 3 is 2.67 bits per heavy atom. The average molecular weight is 387 g/mol. The largest absolute Gasteiger partial charge is 0.335 e. The highest BCUT2D eigenvalue weighted by Gasteiger charge is 2.45. The Hall–Kier alpha value is -1.85. The standard InChI is InChI=1S/C21H27ClN4O/c1-24-14-19(22)20(23-24)15-26(12-11-25-9-5-6-10-25)21(27)18-13-17(18)16-7-3-2-4-8-16/h2-4,7-8,14,17-18H,5-6,9-13,15H2,1H3/t17-,18+/m0/s1. The molecule has 1 aliphatic heterocycles. The quantitative estimate of drug-likeness (QED) is 0.733.